The van der Waals surface area contributed by atoms with Crippen molar-refractivity contribution < 1.29 is 27.9 Å². The third-order valence-electron chi connectivity index (χ3n) is 5.79. The normalized spacial score (nSPS) is 21.2. The van der Waals surface area contributed by atoms with E-state index < -0.39 is 41.6 Å². The third-order valence-corrected chi connectivity index (χ3v) is 5.79. The molecule has 1 unspecified atom stereocenters. The molecule has 2 aliphatic heterocycles. The lowest BCUT2D eigenvalue weighted by atomic mass is 9.91. The third kappa shape index (κ3) is 4.86. The number of imide groups is 1. The Morgan fingerprint density at radius 1 is 1.12 bits per heavy atom. The molecule has 0 aliphatic carbocycles. The summed E-state index contributed by atoms with van der Waals surface area (Å²) in [7, 11) is 0. The Bertz CT molecular complexity index is 1070. The van der Waals surface area contributed by atoms with Gasteiger partial charge in [0.15, 0.2) is 0 Å². The van der Waals surface area contributed by atoms with Crippen LogP contribution in [-0.4, -0.2) is 60.5 Å². The first-order valence-corrected chi connectivity index (χ1v) is 10.5. The Morgan fingerprint density at radius 2 is 1.82 bits per heavy atom. The number of ether oxygens (including phenoxy) is 1. The minimum absolute atomic E-state index is 0.306. The highest BCUT2D eigenvalue weighted by Crippen LogP contribution is 2.31. The van der Waals surface area contributed by atoms with E-state index in [0.29, 0.717) is 23.8 Å². The van der Waals surface area contributed by atoms with Crippen molar-refractivity contribution >= 4 is 23.5 Å². The lowest BCUT2D eigenvalue weighted by Crippen LogP contribution is -2.42. The maximum Gasteiger partial charge on any atom is 0.325 e. The first-order valence-electron chi connectivity index (χ1n) is 10.5. The number of halogens is 2. The van der Waals surface area contributed by atoms with E-state index in [9.17, 15) is 23.2 Å². The molecule has 0 spiro atoms. The van der Waals surface area contributed by atoms with E-state index in [-0.39, 0.29) is 5.56 Å². The molecule has 4 amide bonds. The topological polar surface area (TPSA) is 91.0 Å². The van der Waals surface area contributed by atoms with Gasteiger partial charge in [-0.25, -0.2) is 13.6 Å². The summed E-state index contributed by atoms with van der Waals surface area (Å²) < 4.78 is 33.2. The van der Waals surface area contributed by atoms with Crippen LogP contribution in [0.5, 0.6) is 0 Å². The van der Waals surface area contributed by atoms with Gasteiger partial charge in [0.2, 0.25) is 5.91 Å². The molecule has 2 aromatic carbocycles. The maximum absolute atomic E-state index is 14.2. The summed E-state index contributed by atoms with van der Waals surface area (Å²) >= 11 is 0. The average Bonchev–Trinajstić information content (AvgIpc) is 3.01. The molecule has 0 bridgehead atoms. The molecule has 174 valence electrons. The number of nitrogens with zero attached hydrogens (tertiary/aromatic N) is 2. The summed E-state index contributed by atoms with van der Waals surface area (Å²) in [5, 5.41) is 5.02. The monoisotopic (exact) mass is 458 g/mol. The number of amides is 4. The standard InChI is InChI=1S/C23H24F2N4O4/c1-23(18-12-16(24)4-7-19(18)25)21(31)29(22(32)27-23)14-20(30)26-17-5-2-15(3-6-17)13-28-8-10-33-11-9-28/h2-7,12H,8-11,13-14H2,1H3,(H,26,30)(H,27,32). The molecule has 0 saturated carbocycles. The van der Waals surface area contributed by atoms with Crippen molar-refractivity contribution in [2.45, 2.75) is 19.0 Å². The number of urea groups is 1. The molecule has 4 rings (SSSR count). The van der Waals surface area contributed by atoms with Gasteiger partial charge in [0.25, 0.3) is 5.91 Å². The van der Waals surface area contributed by atoms with E-state index in [0.717, 1.165) is 43.4 Å². The first-order chi connectivity index (χ1) is 15.8. The predicted molar refractivity (Wildman–Crippen MR) is 115 cm³/mol. The molecule has 0 aromatic heterocycles. The number of nitrogens with one attached hydrogen (secondary N) is 2. The van der Waals surface area contributed by atoms with Gasteiger partial charge in [0.1, 0.15) is 23.7 Å². The largest absolute Gasteiger partial charge is 0.379 e. The van der Waals surface area contributed by atoms with Crippen molar-refractivity contribution in [1.82, 2.24) is 15.1 Å². The molecular formula is C23H24F2N4O4. The van der Waals surface area contributed by atoms with Gasteiger partial charge in [0.05, 0.1) is 13.2 Å². The molecule has 33 heavy (non-hydrogen) atoms. The Kier molecular flexibility index (Phi) is 6.39. The number of rotatable bonds is 6. The molecule has 2 saturated heterocycles. The van der Waals surface area contributed by atoms with Gasteiger partial charge in [-0.2, -0.15) is 0 Å². The summed E-state index contributed by atoms with van der Waals surface area (Å²) in [4.78, 5) is 40.7. The lowest BCUT2D eigenvalue weighted by Gasteiger charge is -2.26. The molecular weight excluding hydrogens is 434 g/mol. The van der Waals surface area contributed by atoms with Gasteiger partial charge in [-0.1, -0.05) is 12.1 Å². The molecule has 10 heteroatoms. The van der Waals surface area contributed by atoms with Crippen molar-refractivity contribution in [3.63, 3.8) is 0 Å². The van der Waals surface area contributed by atoms with Crippen molar-refractivity contribution in [2.24, 2.45) is 0 Å². The van der Waals surface area contributed by atoms with Crippen LogP contribution in [0.3, 0.4) is 0 Å². The zero-order valence-corrected chi connectivity index (χ0v) is 18.1. The fourth-order valence-electron chi connectivity index (χ4n) is 3.96. The van der Waals surface area contributed by atoms with Gasteiger partial charge >= 0.3 is 6.03 Å². The Morgan fingerprint density at radius 3 is 2.52 bits per heavy atom. The van der Waals surface area contributed by atoms with Crippen LogP contribution in [0.2, 0.25) is 0 Å². The number of hydrogen-bond donors (Lipinski definition) is 2. The average molecular weight is 458 g/mol. The summed E-state index contributed by atoms with van der Waals surface area (Å²) in [6, 6.07) is 9.06. The van der Waals surface area contributed by atoms with Gasteiger partial charge in [-0.15, -0.1) is 0 Å². The quantitative estimate of drug-likeness (QED) is 0.648. The number of carbonyl (C=O) groups excluding carboxylic acids is 3. The van der Waals surface area contributed by atoms with E-state index in [2.05, 4.69) is 15.5 Å². The predicted octanol–water partition coefficient (Wildman–Crippen LogP) is 2.20. The highest BCUT2D eigenvalue weighted by atomic mass is 19.1. The van der Waals surface area contributed by atoms with E-state index in [1.165, 1.54) is 6.92 Å². The summed E-state index contributed by atoms with van der Waals surface area (Å²) in [6.45, 7) is 4.63. The molecule has 0 radical (unpaired) electrons. The smallest absolute Gasteiger partial charge is 0.325 e. The van der Waals surface area contributed by atoms with Gasteiger partial charge < -0.3 is 15.4 Å². The van der Waals surface area contributed by atoms with Crippen LogP contribution in [0.1, 0.15) is 18.1 Å². The van der Waals surface area contributed by atoms with Crippen LogP contribution in [0.4, 0.5) is 19.3 Å². The fourth-order valence-corrected chi connectivity index (χ4v) is 3.96. The summed E-state index contributed by atoms with van der Waals surface area (Å²) in [5.41, 5.74) is -0.529. The van der Waals surface area contributed by atoms with E-state index in [1.807, 2.05) is 12.1 Å². The Balaban J connectivity index is 1.38. The van der Waals surface area contributed by atoms with Crippen LogP contribution in [0, 0.1) is 11.6 Å². The summed E-state index contributed by atoms with van der Waals surface area (Å²) in [5.74, 6) is -3.02. The number of morpholine rings is 1. The number of anilines is 1. The van der Waals surface area contributed by atoms with E-state index in [4.69, 9.17) is 4.74 Å². The second-order valence-electron chi connectivity index (χ2n) is 8.20. The van der Waals surface area contributed by atoms with Crippen LogP contribution >= 0.6 is 0 Å². The van der Waals surface area contributed by atoms with Crippen molar-refractivity contribution in [3.8, 4) is 0 Å². The molecule has 2 fully saturated rings. The van der Waals surface area contributed by atoms with Crippen LogP contribution < -0.4 is 10.6 Å². The molecule has 1 atom stereocenters. The molecule has 2 aromatic rings. The van der Waals surface area contributed by atoms with Crippen LogP contribution in [0.15, 0.2) is 42.5 Å². The van der Waals surface area contributed by atoms with Crippen LogP contribution in [-0.2, 0) is 26.4 Å². The molecule has 2 heterocycles. The SMILES string of the molecule is CC1(c2cc(F)ccc2F)NC(=O)N(CC(=O)Nc2ccc(CN3CCOCC3)cc2)C1=O. The summed E-state index contributed by atoms with van der Waals surface area (Å²) in [6.07, 6.45) is 0. The second-order valence-corrected chi connectivity index (χ2v) is 8.20. The minimum atomic E-state index is -1.81. The maximum atomic E-state index is 14.2. The van der Waals surface area contributed by atoms with Crippen molar-refractivity contribution in [1.29, 1.82) is 0 Å². The van der Waals surface area contributed by atoms with Crippen molar-refractivity contribution in [2.75, 3.05) is 38.2 Å². The first kappa shape index (κ1) is 22.8. The van der Waals surface area contributed by atoms with Crippen LogP contribution in [0.25, 0.3) is 0 Å². The highest BCUT2D eigenvalue weighted by Gasteiger charge is 2.50. The molecule has 2 N–H and O–H groups in total. The highest BCUT2D eigenvalue weighted by molar-refractivity contribution is 6.10. The Hall–Kier alpha value is -3.37. The van der Waals surface area contributed by atoms with E-state index in [1.54, 1.807) is 12.1 Å². The zero-order chi connectivity index (χ0) is 23.6. The Labute approximate surface area is 189 Å². The molecule has 8 nitrogen and oxygen atoms in total. The second kappa shape index (κ2) is 9.24. The van der Waals surface area contributed by atoms with Gasteiger partial charge in [0, 0.05) is 30.9 Å². The van der Waals surface area contributed by atoms with Gasteiger partial charge in [-0.3, -0.25) is 19.4 Å². The zero-order valence-electron chi connectivity index (χ0n) is 18.1. The number of carbonyl (C=O) groups is 3. The van der Waals surface area contributed by atoms with Gasteiger partial charge in [-0.05, 0) is 42.8 Å². The van der Waals surface area contributed by atoms with E-state index >= 15 is 0 Å². The number of benzene rings is 2. The minimum Gasteiger partial charge on any atom is -0.379 e. The number of hydrogen-bond acceptors (Lipinski definition) is 5. The molecule has 2 aliphatic rings. The van der Waals surface area contributed by atoms with Crippen molar-refractivity contribution in [3.05, 3.63) is 65.2 Å². The fraction of sp³-hybridized carbons (Fsp3) is 0.348. The lowest BCUT2D eigenvalue weighted by molar-refractivity contribution is -0.133.